The van der Waals surface area contributed by atoms with Crippen LogP contribution in [0, 0.1) is 17.6 Å². The Kier molecular flexibility index (Phi) is 5.82. The molecule has 2 heterocycles. The Morgan fingerprint density at radius 3 is 2.60 bits per heavy atom. The fraction of sp³-hybridized carbons (Fsp3) is 0.522. The lowest BCUT2D eigenvalue weighted by molar-refractivity contribution is -0.134. The van der Waals surface area contributed by atoms with Gasteiger partial charge in [-0.25, -0.2) is 8.78 Å². The van der Waals surface area contributed by atoms with Crippen molar-refractivity contribution in [2.75, 3.05) is 13.2 Å². The summed E-state index contributed by atoms with van der Waals surface area (Å²) >= 11 is 0. The van der Waals surface area contributed by atoms with Crippen molar-refractivity contribution in [3.05, 3.63) is 47.2 Å². The Morgan fingerprint density at radius 1 is 1.20 bits per heavy atom. The Bertz CT molecular complexity index is 930. The van der Waals surface area contributed by atoms with Gasteiger partial charge in [-0.15, -0.1) is 5.10 Å². The highest BCUT2D eigenvalue weighted by Crippen LogP contribution is 2.43. The van der Waals surface area contributed by atoms with E-state index in [1.807, 2.05) is 0 Å². The summed E-state index contributed by atoms with van der Waals surface area (Å²) in [7, 11) is 0. The number of carbonyl (C=O) groups excluding carboxylic acids is 1. The SMILES string of the molecule is CC(C)[C@@H]1CCC(C(=O)N2CCC[C@@H]2CO)c2nnc(-c3c(F)cccc3F)cc21. The molecule has 7 heteroatoms. The van der Waals surface area contributed by atoms with Crippen molar-refractivity contribution in [1.29, 1.82) is 0 Å². The van der Waals surface area contributed by atoms with E-state index in [0.717, 1.165) is 24.8 Å². The summed E-state index contributed by atoms with van der Waals surface area (Å²) in [4.78, 5) is 15.1. The van der Waals surface area contributed by atoms with Crippen LogP contribution in [0.3, 0.4) is 0 Å². The van der Waals surface area contributed by atoms with Crippen molar-refractivity contribution >= 4 is 5.91 Å². The number of nitrogens with zero attached hydrogens (tertiary/aromatic N) is 3. The number of aliphatic hydroxyl groups is 1. The molecule has 1 aliphatic carbocycles. The van der Waals surface area contributed by atoms with Crippen LogP contribution in [0.1, 0.15) is 62.6 Å². The van der Waals surface area contributed by atoms with Crippen LogP contribution in [0.15, 0.2) is 24.3 Å². The first-order valence-electron chi connectivity index (χ1n) is 10.7. The maximum absolute atomic E-state index is 14.3. The second-order valence-electron chi connectivity index (χ2n) is 8.66. The standard InChI is InChI=1S/C23H27F2N3O2/c1-13(2)15-8-9-16(23(30)28-10-4-5-14(28)12-29)22-17(15)11-20(26-27-22)21-18(24)6-3-7-19(21)25/h3,6-7,11,13-16,29H,4-5,8-10,12H2,1-2H3/t14-,15+,16?/m1/s1. The van der Waals surface area contributed by atoms with Crippen molar-refractivity contribution in [3.8, 4) is 11.3 Å². The average molecular weight is 415 g/mol. The fourth-order valence-electron chi connectivity index (χ4n) is 4.94. The number of aliphatic hydroxyl groups excluding tert-OH is 1. The lowest BCUT2D eigenvalue weighted by atomic mass is 9.74. The molecule has 1 saturated heterocycles. The Morgan fingerprint density at radius 2 is 1.93 bits per heavy atom. The van der Waals surface area contributed by atoms with E-state index in [1.54, 1.807) is 11.0 Å². The second kappa shape index (κ2) is 8.38. The number of likely N-dealkylation sites (tertiary alicyclic amines) is 1. The third-order valence-corrected chi connectivity index (χ3v) is 6.54. The molecule has 0 radical (unpaired) electrons. The number of hydrogen-bond donors (Lipinski definition) is 1. The summed E-state index contributed by atoms with van der Waals surface area (Å²) < 4.78 is 28.6. The van der Waals surface area contributed by atoms with Gasteiger partial charge < -0.3 is 10.0 Å². The van der Waals surface area contributed by atoms with Crippen LogP contribution in [-0.4, -0.2) is 45.3 Å². The number of rotatable bonds is 4. The van der Waals surface area contributed by atoms with E-state index in [1.165, 1.54) is 18.2 Å². The van der Waals surface area contributed by atoms with E-state index in [4.69, 9.17) is 0 Å². The van der Waals surface area contributed by atoms with Gasteiger partial charge in [-0.1, -0.05) is 19.9 Å². The van der Waals surface area contributed by atoms with Crippen molar-refractivity contribution in [1.82, 2.24) is 15.1 Å². The van der Waals surface area contributed by atoms with E-state index < -0.39 is 17.6 Å². The minimum absolute atomic E-state index is 0.0332. The predicted molar refractivity (Wildman–Crippen MR) is 109 cm³/mol. The summed E-state index contributed by atoms with van der Waals surface area (Å²) in [6.07, 6.45) is 3.13. The average Bonchev–Trinajstić information content (AvgIpc) is 3.21. The topological polar surface area (TPSA) is 66.3 Å². The molecule has 30 heavy (non-hydrogen) atoms. The summed E-state index contributed by atoms with van der Waals surface area (Å²) in [6.45, 7) is 4.79. The number of amides is 1. The molecule has 1 aromatic heterocycles. The first-order chi connectivity index (χ1) is 14.4. The maximum atomic E-state index is 14.3. The Hall–Kier alpha value is -2.41. The smallest absolute Gasteiger partial charge is 0.232 e. The molecule has 1 unspecified atom stereocenters. The third kappa shape index (κ3) is 3.60. The maximum Gasteiger partial charge on any atom is 0.232 e. The van der Waals surface area contributed by atoms with Crippen LogP contribution >= 0.6 is 0 Å². The van der Waals surface area contributed by atoms with Crippen LogP contribution in [0.25, 0.3) is 11.3 Å². The van der Waals surface area contributed by atoms with E-state index >= 15 is 0 Å². The molecule has 2 aliphatic rings. The van der Waals surface area contributed by atoms with E-state index in [2.05, 4.69) is 24.0 Å². The van der Waals surface area contributed by atoms with E-state index in [9.17, 15) is 18.7 Å². The number of fused-ring (bicyclic) bond motifs is 1. The first kappa shape index (κ1) is 20.8. The molecule has 3 atom stereocenters. The normalized spacial score (nSPS) is 23.7. The molecule has 160 valence electrons. The van der Waals surface area contributed by atoms with Gasteiger partial charge in [0.25, 0.3) is 0 Å². The van der Waals surface area contributed by atoms with Gasteiger partial charge in [0.15, 0.2) is 0 Å². The van der Waals surface area contributed by atoms with Crippen LogP contribution in [-0.2, 0) is 4.79 Å². The third-order valence-electron chi connectivity index (χ3n) is 6.54. The molecule has 0 spiro atoms. The Balaban J connectivity index is 1.76. The number of benzene rings is 1. The van der Waals surface area contributed by atoms with Crippen molar-refractivity contribution < 1.29 is 18.7 Å². The van der Waals surface area contributed by atoms with Crippen molar-refractivity contribution in [2.45, 2.75) is 57.4 Å². The second-order valence-corrected chi connectivity index (χ2v) is 8.66. The summed E-state index contributed by atoms with van der Waals surface area (Å²) in [6, 6.07) is 5.28. The minimum Gasteiger partial charge on any atom is -0.394 e. The zero-order chi connectivity index (χ0) is 21.4. The molecular formula is C23H27F2N3O2. The quantitative estimate of drug-likeness (QED) is 0.819. The highest BCUT2D eigenvalue weighted by molar-refractivity contribution is 5.84. The van der Waals surface area contributed by atoms with Gasteiger partial charge in [0.1, 0.15) is 11.6 Å². The molecule has 1 aromatic carbocycles. The molecule has 1 amide bonds. The summed E-state index contributed by atoms with van der Waals surface area (Å²) in [5.41, 5.74) is 1.41. The monoisotopic (exact) mass is 415 g/mol. The highest BCUT2D eigenvalue weighted by atomic mass is 19.1. The van der Waals surface area contributed by atoms with Gasteiger partial charge in [-0.05, 0) is 61.3 Å². The van der Waals surface area contributed by atoms with Gasteiger partial charge in [0, 0.05) is 6.54 Å². The minimum atomic E-state index is -0.684. The molecule has 1 aliphatic heterocycles. The first-order valence-corrected chi connectivity index (χ1v) is 10.7. The fourth-order valence-corrected chi connectivity index (χ4v) is 4.94. The molecule has 0 saturated carbocycles. The predicted octanol–water partition coefficient (Wildman–Crippen LogP) is 4.02. The summed E-state index contributed by atoms with van der Waals surface area (Å²) in [5, 5.41) is 18.1. The van der Waals surface area contributed by atoms with Crippen LogP contribution in [0.4, 0.5) is 8.78 Å². The zero-order valence-corrected chi connectivity index (χ0v) is 17.3. The number of halogens is 2. The molecule has 2 aromatic rings. The van der Waals surface area contributed by atoms with Crippen molar-refractivity contribution in [3.63, 3.8) is 0 Å². The van der Waals surface area contributed by atoms with E-state index in [0.29, 0.717) is 24.6 Å². The zero-order valence-electron chi connectivity index (χ0n) is 17.3. The highest BCUT2D eigenvalue weighted by Gasteiger charge is 2.39. The van der Waals surface area contributed by atoms with Gasteiger partial charge in [0.05, 0.1) is 35.5 Å². The largest absolute Gasteiger partial charge is 0.394 e. The molecule has 1 N–H and O–H groups in total. The van der Waals surface area contributed by atoms with Crippen molar-refractivity contribution in [2.24, 2.45) is 5.92 Å². The molecule has 0 bridgehead atoms. The number of hydrogen-bond acceptors (Lipinski definition) is 4. The molecule has 4 rings (SSSR count). The van der Waals surface area contributed by atoms with Crippen LogP contribution in [0.2, 0.25) is 0 Å². The Labute approximate surface area is 175 Å². The number of aromatic nitrogens is 2. The van der Waals surface area contributed by atoms with Gasteiger partial charge >= 0.3 is 0 Å². The van der Waals surface area contributed by atoms with Gasteiger partial charge in [0.2, 0.25) is 5.91 Å². The number of carbonyl (C=O) groups is 1. The van der Waals surface area contributed by atoms with Crippen LogP contribution < -0.4 is 0 Å². The summed E-state index contributed by atoms with van der Waals surface area (Å²) in [5.74, 6) is -1.41. The molecule has 5 nitrogen and oxygen atoms in total. The molecule has 1 fully saturated rings. The van der Waals surface area contributed by atoms with Gasteiger partial charge in [-0.2, -0.15) is 5.10 Å². The van der Waals surface area contributed by atoms with Crippen LogP contribution in [0.5, 0.6) is 0 Å². The van der Waals surface area contributed by atoms with Gasteiger partial charge in [-0.3, -0.25) is 4.79 Å². The van der Waals surface area contributed by atoms with E-state index in [-0.39, 0.29) is 35.7 Å². The lowest BCUT2D eigenvalue weighted by Crippen LogP contribution is -2.42. The molecular weight excluding hydrogens is 388 g/mol. The lowest BCUT2D eigenvalue weighted by Gasteiger charge is -2.35.